The molecular formula is C19H16ClN3O5S2. The quantitative estimate of drug-likeness (QED) is 0.406. The molecule has 0 unspecified atom stereocenters. The van der Waals surface area contributed by atoms with E-state index in [4.69, 9.17) is 16.3 Å². The average Bonchev–Trinajstić information content (AvgIpc) is 2.73. The number of thioether (sulfide) groups is 1. The van der Waals surface area contributed by atoms with Crippen molar-refractivity contribution in [1.82, 2.24) is 9.97 Å². The summed E-state index contributed by atoms with van der Waals surface area (Å²) in [5.41, 5.74) is -0.231. The van der Waals surface area contributed by atoms with Crippen molar-refractivity contribution < 1.29 is 17.9 Å². The lowest BCUT2D eigenvalue weighted by Gasteiger charge is -2.07. The Morgan fingerprint density at radius 3 is 2.43 bits per heavy atom. The number of rotatable bonds is 7. The smallest absolute Gasteiger partial charge is 0.270 e. The highest BCUT2D eigenvalue weighted by Gasteiger charge is 2.22. The van der Waals surface area contributed by atoms with Crippen LogP contribution in [0.4, 0.5) is 5.69 Å². The van der Waals surface area contributed by atoms with Gasteiger partial charge in [0.25, 0.3) is 5.56 Å². The van der Waals surface area contributed by atoms with E-state index in [1.165, 1.54) is 24.3 Å². The zero-order chi connectivity index (χ0) is 21.7. The Hall–Kier alpha value is -2.82. The van der Waals surface area contributed by atoms with Gasteiger partial charge in [0.05, 0.1) is 24.0 Å². The molecule has 30 heavy (non-hydrogen) atoms. The summed E-state index contributed by atoms with van der Waals surface area (Å²) in [6, 6.07) is 12.3. The predicted octanol–water partition coefficient (Wildman–Crippen LogP) is 3.00. The minimum atomic E-state index is -4.04. The number of hydrogen-bond donors (Lipinski definition) is 2. The van der Waals surface area contributed by atoms with Crippen LogP contribution in [0.2, 0.25) is 5.02 Å². The third kappa shape index (κ3) is 5.21. The normalized spacial score (nSPS) is 11.1. The van der Waals surface area contributed by atoms with Crippen molar-refractivity contribution >= 4 is 44.8 Å². The molecule has 0 spiro atoms. The molecule has 0 atom stereocenters. The fraction of sp³-hybridized carbons (Fsp3) is 0.105. The number of nitrogens with zero attached hydrogens (tertiary/aromatic N) is 1. The first-order valence-corrected chi connectivity index (χ1v) is 11.3. The fourth-order valence-electron chi connectivity index (χ4n) is 2.38. The highest BCUT2D eigenvalue weighted by Crippen LogP contribution is 2.21. The summed E-state index contributed by atoms with van der Waals surface area (Å²) >= 11 is 6.74. The Bertz CT molecular complexity index is 1210. The van der Waals surface area contributed by atoms with E-state index in [2.05, 4.69) is 15.3 Å². The Labute approximate surface area is 181 Å². The third-order valence-corrected chi connectivity index (χ3v) is 6.77. The van der Waals surface area contributed by atoms with Crippen LogP contribution >= 0.6 is 23.4 Å². The molecule has 0 aliphatic rings. The highest BCUT2D eigenvalue weighted by molar-refractivity contribution is 7.99. The summed E-state index contributed by atoms with van der Waals surface area (Å²) < 4.78 is 30.3. The maximum Gasteiger partial charge on any atom is 0.270 e. The minimum Gasteiger partial charge on any atom is -0.497 e. The third-order valence-electron chi connectivity index (χ3n) is 3.87. The number of anilines is 1. The number of ether oxygens (including phenoxy) is 1. The molecule has 0 bridgehead atoms. The van der Waals surface area contributed by atoms with Crippen LogP contribution in [-0.2, 0) is 14.6 Å². The second-order valence-electron chi connectivity index (χ2n) is 5.90. The lowest BCUT2D eigenvalue weighted by Crippen LogP contribution is -2.20. The van der Waals surface area contributed by atoms with Gasteiger partial charge < -0.3 is 15.0 Å². The number of nitrogens with one attached hydrogen (secondary N) is 2. The zero-order valence-corrected chi connectivity index (χ0v) is 18.0. The van der Waals surface area contributed by atoms with Crippen molar-refractivity contribution in [3.63, 3.8) is 0 Å². The van der Waals surface area contributed by atoms with Crippen LogP contribution in [0, 0.1) is 0 Å². The van der Waals surface area contributed by atoms with Crippen LogP contribution in [0.15, 0.2) is 74.5 Å². The van der Waals surface area contributed by atoms with Gasteiger partial charge in [-0.2, -0.15) is 0 Å². The molecule has 2 N–H and O–H groups in total. The molecule has 0 fully saturated rings. The number of aromatic nitrogens is 2. The molecule has 3 rings (SSSR count). The van der Waals surface area contributed by atoms with Gasteiger partial charge in [-0.15, -0.1) is 0 Å². The number of carbonyl (C=O) groups excluding carboxylic acids is 1. The SMILES string of the molecule is COc1ccc(NC(=O)CSc2ncc(S(=O)(=O)c3ccc(Cl)cc3)c(=O)[nH]2)cc1. The van der Waals surface area contributed by atoms with Crippen LogP contribution in [-0.4, -0.2) is 37.2 Å². The topological polar surface area (TPSA) is 118 Å². The van der Waals surface area contributed by atoms with Crippen LogP contribution in [0.1, 0.15) is 0 Å². The molecular weight excluding hydrogens is 450 g/mol. The second-order valence-corrected chi connectivity index (χ2v) is 9.22. The van der Waals surface area contributed by atoms with Gasteiger partial charge in [0, 0.05) is 10.7 Å². The Balaban J connectivity index is 1.67. The molecule has 1 amide bonds. The van der Waals surface area contributed by atoms with E-state index >= 15 is 0 Å². The van der Waals surface area contributed by atoms with Crippen LogP contribution < -0.4 is 15.6 Å². The highest BCUT2D eigenvalue weighted by atomic mass is 35.5. The van der Waals surface area contributed by atoms with E-state index in [0.29, 0.717) is 16.5 Å². The second kappa shape index (κ2) is 9.33. The first-order chi connectivity index (χ1) is 14.3. The summed E-state index contributed by atoms with van der Waals surface area (Å²) in [6.45, 7) is 0. The molecule has 0 aliphatic carbocycles. The molecule has 3 aromatic rings. The van der Waals surface area contributed by atoms with Crippen LogP contribution in [0.3, 0.4) is 0 Å². The number of benzene rings is 2. The summed E-state index contributed by atoms with van der Waals surface area (Å²) in [7, 11) is -2.50. The Kier molecular flexibility index (Phi) is 6.80. The minimum absolute atomic E-state index is 0.0295. The predicted molar refractivity (Wildman–Crippen MR) is 114 cm³/mol. The number of hydrogen-bond acceptors (Lipinski definition) is 7. The molecule has 0 aliphatic heterocycles. The summed E-state index contributed by atoms with van der Waals surface area (Å²) in [4.78, 5) is 30.2. The molecule has 0 saturated heterocycles. The van der Waals surface area contributed by atoms with Crippen LogP contribution in [0.5, 0.6) is 5.75 Å². The van der Waals surface area contributed by atoms with Gasteiger partial charge >= 0.3 is 0 Å². The lowest BCUT2D eigenvalue weighted by atomic mass is 10.3. The maximum atomic E-state index is 12.6. The molecule has 0 saturated carbocycles. The van der Waals surface area contributed by atoms with Gasteiger partial charge in [0.15, 0.2) is 10.1 Å². The number of amides is 1. The Morgan fingerprint density at radius 2 is 1.83 bits per heavy atom. The first kappa shape index (κ1) is 21.9. The standard InChI is InChI=1S/C19H16ClN3O5S2/c1-28-14-6-4-13(5-7-14)22-17(24)11-29-19-21-10-16(18(25)23-19)30(26,27)15-8-2-12(20)3-9-15/h2-10H,11H2,1H3,(H,22,24)(H,21,23,25). The van der Waals surface area contributed by atoms with Crippen molar-refractivity contribution in [1.29, 1.82) is 0 Å². The molecule has 8 nitrogen and oxygen atoms in total. The molecule has 156 valence electrons. The number of carbonyl (C=O) groups is 1. The van der Waals surface area contributed by atoms with E-state index in [1.807, 2.05) is 0 Å². The van der Waals surface area contributed by atoms with E-state index in [9.17, 15) is 18.0 Å². The average molecular weight is 466 g/mol. The summed E-state index contributed by atoms with van der Waals surface area (Å²) in [5, 5.41) is 3.20. The van der Waals surface area contributed by atoms with E-state index < -0.39 is 20.3 Å². The van der Waals surface area contributed by atoms with Crippen LogP contribution in [0.25, 0.3) is 0 Å². The van der Waals surface area contributed by atoms with Gasteiger partial charge in [0.2, 0.25) is 15.7 Å². The first-order valence-electron chi connectivity index (χ1n) is 8.46. The van der Waals surface area contributed by atoms with Gasteiger partial charge in [-0.05, 0) is 48.5 Å². The largest absolute Gasteiger partial charge is 0.497 e. The molecule has 11 heteroatoms. The van der Waals surface area contributed by atoms with Crippen molar-refractivity contribution in [2.24, 2.45) is 0 Å². The van der Waals surface area contributed by atoms with E-state index in [0.717, 1.165) is 18.0 Å². The van der Waals surface area contributed by atoms with Gasteiger partial charge in [0.1, 0.15) is 5.75 Å². The maximum absolute atomic E-state index is 12.6. The van der Waals surface area contributed by atoms with E-state index in [1.54, 1.807) is 31.4 Å². The molecule has 0 radical (unpaired) electrons. The van der Waals surface area contributed by atoms with Crippen molar-refractivity contribution in [3.05, 3.63) is 70.1 Å². The number of methoxy groups -OCH3 is 1. The molecule has 1 aromatic heterocycles. The number of H-pyrrole nitrogens is 1. The van der Waals surface area contributed by atoms with Gasteiger partial charge in [-0.3, -0.25) is 9.59 Å². The zero-order valence-electron chi connectivity index (χ0n) is 15.6. The fourth-order valence-corrected chi connectivity index (χ4v) is 4.37. The number of sulfone groups is 1. The van der Waals surface area contributed by atoms with Gasteiger partial charge in [-0.25, -0.2) is 13.4 Å². The Morgan fingerprint density at radius 1 is 1.17 bits per heavy atom. The van der Waals surface area contributed by atoms with Gasteiger partial charge in [-0.1, -0.05) is 23.4 Å². The van der Waals surface area contributed by atoms with Crippen molar-refractivity contribution in [2.45, 2.75) is 14.9 Å². The number of halogens is 1. The van der Waals surface area contributed by atoms with E-state index in [-0.39, 0.29) is 21.7 Å². The molecule has 1 heterocycles. The molecule has 2 aromatic carbocycles. The number of aromatic amines is 1. The summed E-state index contributed by atoms with van der Waals surface area (Å²) in [6.07, 6.45) is 0.979. The monoisotopic (exact) mass is 465 g/mol. The lowest BCUT2D eigenvalue weighted by molar-refractivity contribution is -0.113. The summed E-state index contributed by atoms with van der Waals surface area (Å²) in [5.74, 6) is 0.321. The van der Waals surface area contributed by atoms with Crippen molar-refractivity contribution in [3.8, 4) is 5.75 Å². The van der Waals surface area contributed by atoms with Crippen molar-refractivity contribution in [2.75, 3.05) is 18.2 Å².